The highest BCUT2D eigenvalue weighted by Gasteiger charge is 2.23. The van der Waals surface area contributed by atoms with E-state index < -0.39 is 23.5 Å². The normalized spacial score (nSPS) is 10.1. The Hall–Kier alpha value is -1.30. The van der Waals surface area contributed by atoms with Crippen molar-refractivity contribution in [3.63, 3.8) is 0 Å². The minimum absolute atomic E-state index is 0.120. The van der Waals surface area contributed by atoms with E-state index in [4.69, 9.17) is 10.4 Å². The number of carbonyl (C=O) groups is 1. The SMILES string of the molecule is N#Cc1ncc(C(=O)O)c(C(F)F)c1I. The van der Waals surface area contributed by atoms with Gasteiger partial charge < -0.3 is 5.11 Å². The van der Waals surface area contributed by atoms with Crippen LogP contribution in [0.2, 0.25) is 0 Å². The van der Waals surface area contributed by atoms with E-state index in [1.165, 1.54) is 22.6 Å². The molecule has 0 unspecified atom stereocenters. The monoisotopic (exact) mass is 324 g/mol. The lowest BCUT2D eigenvalue weighted by Gasteiger charge is -2.07. The van der Waals surface area contributed by atoms with Crippen molar-refractivity contribution >= 4 is 28.6 Å². The Morgan fingerprint density at radius 2 is 2.27 bits per heavy atom. The first kappa shape index (κ1) is 11.8. The summed E-state index contributed by atoms with van der Waals surface area (Å²) in [5.74, 6) is -1.49. The molecule has 78 valence electrons. The second-order valence-corrected chi connectivity index (χ2v) is 3.54. The van der Waals surface area contributed by atoms with Gasteiger partial charge in [-0.1, -0.05) is 0 Å². The average Bonchev–Trinajstić information content (AvgIpc) is 2.16. The molecule has 1 heterocycles. The first-order chi connectivity index (χ1) is 6.99. The molecule has 0 aliphatic rings. The Kier molecular flexibility index (Phi) is 3.52. The van der Waals surface area contributed by atoms with Gasteiger partial charge in [0, 0.05) is 6.20 Å². The summed E-state index contributed by atoms with van der Waals surface area (Å²) in [5.41, 5.74) is -1.43. The molecule has 0 bridgehead atoms. The Balaban J connectivity index is 3.53. The third-order valence-corrected chi connectivity index (χ3v) is 2.70. The van der Waals surface area contributed by atoms with E-state index in [1.807, 2.05) is 0 Å². The summed E-state index contributed by atoms with van der Waals surface area (Å²) >= 11 is 1.49. The molecule has 15 heavy (non-hydrogen) atoms. The van der Waals surface area contributed by atoms with Gasteiger partial charge in [0.1, 0.15) is 6.07 Å². The average molecular weight is 324 g/mol. The van der Waals surface area contributed by atoms with Crippen LogP contribution in [0.3, 0.4) is 0 Å². The first-order valence-electron chi connectivity index (χ1n) is 3.59. The molecule has 0 aliphatic heterocycles. The fourth-order valence-corrected chi connectivity index (χ4v) is 1.75. The molecule has 7 heteroatoms. The van der Waals surface area contributed by atoms with Gasteiger partial charge in [0.05, 0.1) is 14.7 Å². The van der Waals surface area contributed by atoms with E-state index in [2.05, 4.69) is 4.98 Å². The number of nitrogens with zero attached hydrogens (tertiary/aromatic N) is 2. The third kappa shape index (κ3) is 2.20. The van der Waals surface area contributed by atoms with E-state index in [0.717, 1.165) is 6.20 Å². The van der Waals surface area contributed by atoms with Gasteiger partial charge in [-0.25, -0.2) is 18.6 Å². The number of pyridine rings is 1. The van der Waals surface area contributed by atoms with Gasteiger partial charge in [-0.15, -0.1) is 0 Å². The van der Waals surface area contributed by atoms with Crippen LogP contribution < -0.4 is 0 Å². The van der Waals surface area contributed by atoms with Crippen LogP contribution in [0, 0.1) is 14.9 Å². The van der Waals surface area contributed by atoms with Crippen LogP contribution in [-0.4, -0.2) is 16.1 Å². The molecular weight excluding hydrogens is 321 g/mol. The van der Waals surface area contributed by atoms with Crippen LogP contribution in [-0.2, 0) is 0 Å². The number of aromatic nitrogens is 1. The van der Waals surface area contributed by atoms with Crippen LogP contribution in [0.25, 0.3) is 0 Å². The van der Waals surface area contributed by atoms with Crippen molar-refractivity contribution < 1.29 is 18.7 Å². The predicted molar refractivity (Wildman–Crippen MR) is 53.6 cm³/mol. The molecule has 0 amide bonds. The number of aromatic carboxylic acids is 1. The lowest BCUT2D eigenvalue weighted by Crippen LogP contribution is -2.08. The Labute approximate surface area is 96.7 Å². The smallest absolute Gasteiger partial charge is 0.337 e. The number of carboxylic acid groups (broad SMARTS) is 1. The summed E-state index contributed by atoms with van der Waals surface area (Å²) in [4.78, 5) is 14.1. The van der Waals surface area contributed by atoms with Crippen LogP contribution in [0.5, 0.6) is 0 Å². The maximum absolute atomic E-state index is 12.6. The summed E-state index contributed by atoms with van der Waals surface area (Å²) < 4.78 is 25.0. The van der Waals surface area contributed by atoms with Gasteiger partial charge in [-0.2, -0.15) is 5.26 Å². The lowest BCUT2D eigenvalue weighted by atomic mass is 10.1. The maximum Gasteiger partial charge on any atom is 0.337 e. The van der Waals surface area contributed by atoms with E-state index in [1.54, 1.807) is 6.07 Å². The molecule has 0 aliphatic carbocycles. The molecule has 0 radical (unpaired) electrons. The molecule has 0 aromatic carbocycles. The topological polar surface area (TPSA) is 74.0 Å². The minimum atomic E-state index is -2.95. The first-order valence-corrected chi connectivity index (χ1v) is 4.66. The van der Waals surface area contributed by atoms with Crippen LogP contribution in [0.1, 0.15) is 28.0 Å². The number of hydrogen-bond acceptors (Lipinski definition) is 3. The van der Waals surface area contributed by atoms with Gasteiger partial charge in [-0.05, 0) is 22.6 Å². The number of nitriles is 1. The van der Waals surface area contributed by atoms with Crippen LogP contribution >= 0.6 is 22.6 Å². The summed E-state index contributed by atoms with van der Waals surface area (Å²) in [6.07, 6.45) is -2.18. The van der Waals surface area contributed by atoms with E-state index >= 15 is 0 Å². The Morgan fingerprint density at radius 3 is 2.67 bits per heavy atom. The molecule has 1 rings (SSSR count). The molecule has 1 N–H and O–H groups in total. The number of carboxylic acids is 1. The number of alkyl halides is 2. The molecule has 1 aromatic heterocycles. The maximum atomic E-state index is 12.6. The van der Waals surface area contributed by atoms with Gasteiger partial charge >= 0.3 is 5.97 Å². The molecule has 0 atom stereocenters. The molecule has 4 nitrogen and oxygen atoms in total. The van der Waals surface area contributed by atoms with E-state index in [9.17, 15) is 13.6 Å². The number of rotatable bonds is 2. The van der Waals surface area contributed by atoms with Crippen molar-refractivity contribution in [3.05, 3.63) is 26.6 Å². The molecule has 0 spiro atoms. The summed E-state index contributed by atoms with van der Waals surface area (Å²) in [6, 6.07) is 1.61. The standard InChI is InChI=1S/C8H3F2IN2O2/c9-7(10)5-3(8(14)15)2-13-4(1-12)6(5)11/h2,7H,(H,14,15). The Bertz CT molecular complexity index is 457. The highest BCUT2D eigenvalue weighted by molar-refractivity contribution is 14.1. The fraction of sp³-hybridized carbons (Fsp3) is 0.125. The summed E-state index contributed by atoms with van der Waals surface area (Å²) in [7, 11) is 0. The zero-order valence-corrected chi connectivity index (χ0v) is 9.20. The quantitative estimate of drug-likeness (QED) is 0.847. The molecule has 0 saturated carbocycles. The van der Waals surface area contributed by atoms with Crippen LogP contribution in [0.4, 0.5) is 8.78 Å². The molecule has 0 fully saturated rings. The van der Waals surface area contributed by atoms with Crippen molar-refractivity contribution in [1.29, 1.82) is 5.26 Å². The zero-order valence-electron chi connectivity index (χ0n) is 7.04. The molecule has 0 saturated heterocycles. The van der Waals surface area contributed by atoms with E-state index in [-0.39, 0.29) is 9.26 Å². The fourth-order valence-electron chi connectivity index (χ4n) is 0.963. The Morgan fingerprint density at radius 1 is 1.67 bits per heavy atom. The predicted octanol–water partition coefficient (Wildman–Crippen LogP) is 2.19. The minimum Gasteiger partial charge on any atom is -0.478 e. The van der Waals surface area contributed by atoms with E-state index in [0.29, 0.717) is 0 Å². The van der Waals surface area contributed by atoms with Gasteiger partial charge in [-0.3, -0.25) is 0 Å². The van der Waals surface area contributed by atoms with Crippen molar-refractivity contribution in [2.75, 3.05) is 0 Å². The van der Waals surface area contributed by atoms with Crippen molar-refractivity contribution in [2.45, 2.75) is 6.43 Å². The lowest BCUT2D eigenvalue weighted by molar-refractivity contribution is 0.0683. The second kappa shape index (κ2) is 4.48. The molecule has 1 aromatic rings. The van der Waals surface area contributed by atoms with Gasteiger partial charge in [0.2, 0.25) is 0 Å². The van der Waals surface area contributed by atoms with Gasteiger partial charge in [0.15, 0.2) is 5.69 Å². The van der Waals surface area contributed by atoms with Crippen molar-refractivity contribution in [2.24, 2.45) is 0 Å². The van der Waals surface area contributed by atoms with Gasteiger partial charge in [0.25, 0.3) is 6.43 Å². The second-order valence-electron chi connectivity index (χ2n) is 2.47. The zero-order chi connectivity index (χ0) is 11.6. The number of halogens is 3. The molecular formula is C8H3F2IN2O2. The number of hydrogen-bond donors (Lipinski definition) is 1. The largest absolute Gasteiger partial charge is 0.478 e. The third-order valence-electron chi connectivity index (χ3n) is 1.61. The highest BCUT2D eigenvalue weighted by Crippen LogP contribution is 2.29. The summed E-state index contributed by atoms with van der Waals surface area (Å²) in [5, 5.41) is 17.2. The highest BCUT2D eigenvalue weighted by atomic mass is 127. The van der Waals surface area contributed by atoms with Crippen molar-refractivity contribution in [3.8, 4) is 6.07 Å². The summed E-state index contributed by atoms with van der Waals surface area (Å²) in [6.45, 7) is 0. The van der Waals surface area contributed by atoms with Crippen LogP contribution in [0.15, 0.2) is 6.20 Å². The van der Waals surface area contributed by atoms with Crippen molar-refractivity contribution in [1.82, 2.24) is 4.98 Å².